The Labute approximate surface area is 154 Å². The number of nitrogens with one attached hydrogen (secondary N) is 1. The first-order valence-electron chi connectivity index (χ1n) is 8.01. The molecular formula is C18H20F3N3O3. The van der Waals surface area contributed by atoms with Crippen molar-refractivity contribution in [2.75, 3.05) is 5.73 Å². The van der Waals surface area contributed by atoms with Crippen LogP contribution in [0.2, 0.25) is 0 Å². The zero-order chi connectivity index (χ0) is 20.2. The minimum atomic E-state index is -4.67. The number of rotatable bonds is 4. The first-order chi connectivity index (χ1) is 12.4. The molecule has 0 bridgehead atoms. The molecule has 9 heteroatoms. The van der Waals surface area contributed by atoms with Gasteiger partial charge in [-0.25, -0.2) is 9.78 Å². The Morgan fingerprint density at radius 3 is 2.48 bits per heavy atom. The van der Waals surface area contributed by atoms with Crippen molar-refractivity contribution < 1.29 is 27.4 Å². The number of anilines is 1. The molecule has 1 heterocycles. The minimum absolute atomic E-state index is 0.155. The number of nitrogens with zero attached hydrogens (tertiary/aromatic N) is 1. The van der Waals surface area contributed by atoms with Crippen LogP contribution < -0.4 is 15.8 Å². The Morgan fingerprint density at radius 1 is 1.19 bits per heavy atom. The molecule has 1 aromatic heterocycles. The van der Waals surface area contributed by atoms with E-state index in [0.717, 1.165) is 6.07 Å². The van der Waals surface area contributed by atoms with Gasteiger partial charge in [-0.2, -0.15) is 13.2 Å². The van der Waals surface area contributed by atoms with E-state index in [-0.39, 0.29) is 23.7 Å². The van der Waals surface area contributed by atoms with Crippen molar-refractivity contribution in [3.05, 3.63) is 47.7 Å². The fraction of sp³-hybridized carbons (Fsp3) is 0.333. The first kappa shape index (κ1) is 20.3. The summed E-state index contributed by atoms with van der Waals surface area (Å²) in [5.41, 5.74) is 4.32. The van der Waals surface area contributed by atoms with Crippen LogP contribution in [-0.4, -0.2) is 16.7 Å². The summed E-state index contributed by atoms with van der Waals surface area (Å²) in [5, 5.41) is 2.40. The smallest absolute Gasteiger partial charge is 0.433 e. The minimum Gasteiger partial charge on any atom is -0.444 e. The third-order valence-corrected chi connectivity index (χ3v) is 3.07. The Bertz CT molecular complexity index is 817. The highest BCUT2D eigenvalue weighted by Crippen LogP contribution is 2.31. The zero-order valence-corrected chi connectivity index (χ0v) is 15.1. The maximum Gasteiger partial charge on any atom is 0.433 e. The molecule has 27 heavy (non-hydrogen) atoms. The second-order valence-corrected chi connectivity index (χ2v) is 6.73. The molecule has 146 valence electrons. The highest BCUT2D eigenvalue weighted by molar-refractivity contribution is 5.67. The number of hydrogen-bond donors (Lipinski definition) is 2. The Kier molecular flexibility index (Phi) is 5.82. The standard InChI is InChI=1S/C18H20F3N3O3/c1-17(2,3)27-16(25)23-10-11-7-14(18(19,20)21)24-15(8-11)26-13-6-4-5-12(22)9-13/h4-9H,10,22H2,1-3H3,(H,23,25). The van der Waals surface area contributed by atoms with Gasteiger partial charge in [0.2, 0.25) is 5.88 Å². The second-order valence-electron chi connectivity index (χ2n) is 6.73. The average molecular weight is 383 g/mol. The lowest BCUT2D eigenvalue weighted by molar-refractivity contribution is -0.141. The second kappa shape index (κ2) is 7.73. The van der Waals surface area contributed by atoms with Crippen LogP contribution in [0.4, 0.5) is 23.7 Å². The van der Waals surface area contributed by atoms with Crippen LogP contribution in [-0.2, 0) is 17.5 Å². The largest absolute Gasteiger partial charge is 0.444 e. The molecule has 1 aromatic carbocycles. The molecule has 0 atom stereocenters. The van der Waals surface area contributed by atoms with Gasteiger partial charge in [0, 0.05) is 24.4 Å². The van der Waals surface area contributed by atoms with Gasteiger partial charge in [0.25, 0.3) is 0 Å². The molecule has 2 aromatic rings. The van der Waals surface area contributed by atoms with E-state index in [1.165, 1.54) is 18.2 Å². The van der Waals surface area contributed by atoms with Crippen LogP contribution in [0.3, 0.4) is 0 Å². The topological polar surface area (TPSA) is 86.5 Å². The SMILES string of the molecule is CC(C)(C)OC(=O)NCc1cc(Oc2cccc(N)c2)nc(C(F)(F)F)c1. The monoisotopic (exact) mass is 383 g/mol. The number of nitrogen functional groups attached to an aromatic ring is 1. The molecule has 6 nitrogen and oxygen atoms in total. The molecule has 0 aliphatic heterocycles. The van der Waals surface area contributed by atoms with Crippen molar-refractivity contribution in [3.63, 3.8) is 0 Å². The van der Waals surface area contributed by atoms with Crippen molar-refractivity contribution in [1.29, 1.82) is 0 Å². The number of pyridine rings is 1. The number of carbonyl (C=O) groups excluding carboxylic acids is 1. The molecule has 0 saturated heterocycles. The number of hydrogen-bond acceptors (Lipinski definition) is 5. The maximum atomic E-state index is 13.1. The molecular weight excluding hydrogens is 363 g/mol. The van der Waals surface area contributed by atoms with E-state index >= 15 is 0 Å². The summed E-state index contributed by atoms with van der Waals surface area (Å²) in [6.07, 6.45) is -5.42. The summed E-state index contributed by atoms with van der Waals surface area (Å²) >= 11 is 0. The van der Waals surface area contributed by atoms with Crippen molar-refractivity contribution in [2.24, 2.45) is 0 Å². The molecule has 0 saturated carbocycles. The predicted octanol–water partition coefficient (Wildman–Crippen LogP) is 4.50. The predicted molar refractivity (Wildman–Crippen MR) is 93.2 cm³/mol. The normalized spacial score (nSPS) is 11.8. The molecule has 0 aliphatic rings. The lowest BCUT2D eigenvalue weighted by Crippen LogP contribution is -2.32. The van der Waals surface area contributed by atoms with Gasteiger partial charge >= 0.3 is 12.3 Å². The lowest BCUT2D eigenvalue weighted by atomic mass is 10.2. The average Bonchev–Trinajstić information content (AvgIpc) is 2.50. The molecule has 0 aliphatic carbocycles. The molecule has 0 fully saturated rings. The Balaban J connectivity index is 2.22. The van der Waals surface area contributed by atoms with E-state index < -0.39 is 23.6 Å². The number of halogens is 3. The Hall–Kier alpha value is -2.97. The van der Waals surface area contributed by atoms with Gasteiger partial charge in [-0.05, 0) is 44.5 Å². The van der Waals surface area contributed by atoms with E-state index in [1.807, 2.05) is 0 Å². The van der Waals surface area contributed by atoms with Crippen LogP contribution in [0, 0.1) is 0 Å². The molecule has 3 N–H and O–H groups in total. The zero-order valence-electron chi connectivity index (χ0n) is 15.1. The van der Waals surface area contributed by atoms with Gasteiger partial charge in [-0.3, -0.25) is 0 Å². The van der Waals surface area contributed by atoms with Crippen LogP contribution in [0.15, 0.2) is 36.4 Å². The molecule has 0 radical (unpaired) electrons. The maximum absolute atomic E-state index is 13.1. The first-order valence-corrected chi connectivity index (χ1v) is 8.01. The number of benzene rings is 1. The van der Waals surface area contributed by atoms with Gasteiger partial charge in [0.15, 0.2) is 0 Å². The highest BCUT2D eigenvalue weighted by Gasteiger charge is 2.33. The van der Waals surface area contributed by atoms with Gasteiger partial charge in [0.05, 0.1) is 0 Å². The highest BCUT2D eigenvalue weighted by atomic mass is 19.4. The molecule has 1 amide bonds. The number of alkyl halides is 3. The summed E-state index contributed by atoms with van der Waals surface area (Å²) in [5.74, 6) is -0.0238. The quantitative estimate of drug-likeness (QED) is 0.759. The molecule has 0 spiro atoms. The van der Waals surface area contributed by atoms with Crippen LogP contribution >= 0.6 is 0 Å². The third-order valence-electron chi connectivity index (χ3n) is 3.07. The van der Waals surface area contributed by atoms with Gasteiger partial charge in [0.1, 0.15) is 17.0 Å². The van der Waals surface area contributed by atoms with E-state index in [0.29, 0.717) is 5.69 Å². The van der Waals surface area contributed by atoms with Crippen molar-refractivity contribution in [3.8, 4) is 11.6 Å². The van der Waals surface area contributed by atoms with E-state index in [4.69, 9.17) is 15.2 Å². The van der Waals surface area contributed by atoms with Gasteiger partial charge < -0.3 is 20.5 Å². The van der Waals surface area contributed by atoms with E-state index in [2.05, 4.69) is 10.3 Å². The van der Waals surface area contributed by atoms with Crippen LogP contribution in [0.25, 0.3) is 0 Å². The number of carbonyl (C=O) groups is 1. The number of amides is 1. The van der Waals surface area contributed by atoms with Crippen molar-refractivity contribution in [1.82, 2.24) is 10.3 Å². The van der Waals surface area contributed by atoms with Gasteiger partial charge in [-0.15, -0.1) is 0 Å². The van der Waals surface area contributed by atoms with Crippen LogP contribution in [0.1, 0.15) is 32.0 Å². The Morgan fingerprint density at radius 2 is 1.89 bits per heavy atom. The summed E-state index contributed by atoms with van der Waals surface area (Å²) in [7, 11) is 0. The number of nitrogens with two attached hydrogens (primary N) is 1. The summed E-state index contributed by atoms with van der Waals surface area (Å²) in [6, 6.07) is 8.35. The number of alkyl carbamates (subject to hydrolysis) is 1. The fourth-order valence-electron chi connectivity index (χ4n) is 2.05. The molecule has 0 unspecified atom stereocenters. The van der Waals surface area contributed by atoms with E-state index in [1.54, 1.807) is 32.9 Å². The van der Waals surface area contributed by atoms with Gasteiger partial charge in [-0.1, -0.05) is 6.07 Å². The van der Waals surface area contributed by atoms with Crippen molar-refractivity contribution in [2.45, 2.75) is 39.1 Å². The van der Waals surface area contributed by atoms with Crippen molar-refractivity contribution >= 4 is 11.8 Å². The van der Waals surface area contributed by atoms with E-state index in [9.17, 15) is 18.0 Å². The third kappa shape index (κ3) is 6.69. The molecule has 2 rings (SSSR count). The van der Waals surface area contributed by atoms with Crippen LogP contribution in [0.5, 0.6) is 11.6 Å². The number of ether oxygens (including phenoxy) is 2. The summed E-state index contributed by atoms with van der Waals surface area (Å²) in [4.78, 5) is 15.2. The summed E-state index contributed by atoms with van der Waals surface area (Å²) < 4.78 is 49.8. The fourth-order valence-corrected chi connectivity index (χ4v) is 2.05. The lowest BCUT2D eigenvalue weighted by Gasteiger charge is -2.20. The number of aromatic nitrogens is 1. The summed E-state index contributed by atoms with van der Waals surface area (Å²) in [6.45, 7) is 4.85.